The van der Waals surface area contributed by atoms with E-state index in [1.165, 1.54) is 0 Å². The van der Waals surface area contributed by atoms with E-state index in [-0.39, 0.29) is 24.3 Å². The number of piperidine rings is 1. The molecule has 1 aliphatic rings. The Hall–Kier alpha value is -2.37. The minimum atomic E-state index is -0.546. The summed E-state index contributed by atoms with van der Waals surface area (Å²) in [5, 5.41) is 2.33. The van der Waals surface area contributed by atoms with Crippen molar-refractivity contribution in [1.82, 2.24) is 5.32 Å². The molecule has 1 aromatic rings. The lowest BCUT2D eigenvalue weighted by Crippen LogP contribution is -2.39. The van der Waals surface area contributed by atoms with Crippen molar-refractivity contribution in [3.63, 3.8) is 0 Å². The number of hydrogen-bond donors (Lipinski definition) is 1. The molecule has 2 amide bonds. The third-order valence-electron chi connectivity index (χ3n) is 3.30. The van der Waals surface area contributed by atoms with Crippen LogP contribution in [0.4, 0.5) is 0 Å². The van der Waals surface area contributed by atoms with Crippen LogP contribution in [0.15, 0.2) is 24.3 Å². The molecule has 0 spiro atoms. The number of carbonyl (C=O) groups excluding carboxylic acids is 3. The lowest BCUT2D eigenvalue weighted by atomic mass is 9.90. The van der Waals surface area contributed by atoms with Crippen LogP contribution >= 0.6 is 0 Å². The highest BCUT2D eigenvalue weighted by Gasteiger charge is 2.27. The van der Waals surface area contributed by atoms with E-state index in [0.717, 1.165) is 5.56 Å². The van der Waals surface area contributed by atoms with Crippen molar-refractivity contribution in [1.29, 1.82) is 0 Å². The van der Waals surface area contributed by atoms with Gasteiger partial charge in [0.05, 0.1) is 5.92 Å². The Morgan fingerprint density at radius 2 is 1.87 bits per heavy atom. The first-order chi connectivity index (χ1) is 10.7. The number of ether oxygens (including phenoxy) is 2. The molecule has 1 N–H and O–H groups in total. The van der Waals surface area contributed by atoms with Gasteiger partial charge in [-0.15, -0.1) is 0 Å². The number of imide groups is 1. The Morgan fingerprint density at radius 1 is 1.22 bits per heavy atom. The second kappa shape index (κ2) is 6.81. The van der Waals surface area contributed by atoms with Crippen LogP contribution in [0.2, 0.25) is 0 Å². The van der Waals surface area contributed by atoms with E-state index in [4.69, 9.17) is 9.47 Å². The Labute approximate surface area is 135 Å². The molecule has 1 unspecified atom stereocenters. The van der Waals surface area contributed by atoms with Gasteiger partial charge >= 0.3 is 5.97 Å². The first-order valence-corrected chi connectivity index (χ1v) is 7.53. The van der Waals surface area contributed by atoms with E-state index in [0.29, 0.717) is 18.6 Å². The average Bonchev–Trinajstić information content (AvgIpc) is 2.44. The van der Waals surface area contributed by atoms with Crippen LogP contribution in [-0.2, 0) is 19.1 Å². The first-order valence-electron chi connectivity index (χ1n) is 7.53. The molecule has 1 heterocycles. The molecule has 0 aliphatic carbocycles. The summed E-state index contributed by atoms with van der Waals surface area (Å²) in [5.41, 5.74) is 0.274. The van der Waals surface area contributed by atoms with Gasteiger partial charge in [0.1, 0.15) is 11.4 Å². The molecule has 0 aromatic heterocycles. The number of hydrogen-bond acceptors (Lipinski definition) is 5. The number of esters is 1. The van der Waals surface area contributed by atoms with Crippen LogP contribution in [0, 0.1) is 0 Å². The number of rotatable bonds is 4. The molecule has 1 aliphatic heterocycles. The summed E-state index contributed by atoms with van der Waals surface area (Å²) in [6.45, 7) is 5.20. The minimum absolute atomic E-state index is 0.172. The van der Waals surface area contributed by atoms with Gasteiger partial charge in [-0.2, -0.15) is 0 Å². The van der Waals surface area contributed by atoms with Crippen molar-refractivity contribution in [2.45, 2.75) is 45.1 Å². The number of nitrogens with one attached hydrogen (secondary N) is 1. The van der Waals surface area contributed by atoms with Crippen LogP contribution in [0.1, 0.15) is 45.1 Å². The van der Waals surface area contributed by atoms with Crippen LogP contribution in [0.25, 0.3) is 0 Å². The summed E-state index contributed by atoms with van der Waals surface area (Å²) < 4.78 is 10.5. The third-order valence-corrected chi connectivity index (χ3v) is 3.30. The SMILES string of the molecule is CC(C)(C)OC(=O)COc1ccc(C2CCC(=O)NC2=O)cc1. The summed E-state index contributed by atoms with van der Waals surface area (Å²) in [5.74, 6) is -0.751. The predicted octanol–water partition coefficient (Wildman–Crippen LogP) is 1.93. The molecule has 1 aromatic carbocycles. The summed E-state index contributed by atoms with van der Waals surface area (Å²) in [6.07, 6.45) is 0.843. The summed E-state index contributed by atoms with van der Waals surface area (Å²) in [4.78, 5) is 34.6. The first kappa shape index (κ1) is 17.0. The molecular formula is C17H21NO5. The van der Waals surface area contributed by atoms with E-state index in [2.05, 4.69) is 5.32 Å². The smallest absolute Gasteiger partial charge is 0.344 e. The fourth-order valence-electron chi connectivity index (χ4n) is 2.32. The van der Waals surface area contributed by atoms with E-state index in [1.54, 1.807) is 45.0 Å². The zero-order valence-electron chi connectivity index (χ0n) is 13.5. The van der Waals surface area contributed by atoms with Crippen molar-refractivity contribution in [2.24, 2.45) is 0 Å². The van der Waals surface area contributed by atoms with Gasteiger partial charge in [0.2, 0.25) is 11.8 Å². The topological polar surface area (TPSA) is 81.7 Å². The monoisotopic (exact) mass is 319 g/mol. The summed E-state index contributed by atoms with van der Waals surface area (Å²) in [7, 11) is 0. The molecule has 1 fully saturated rings. The molecule has 124 valence electrons. The normalized spacial score (nSPS) is 18.3. The minimum Gasteiger partial charge on any atom is -0.482 e. The lowest BCUT2D eigenvalue weighted by Gasteiger charge is -2.21. The molecule has 0 radical (unpaired) electrons. The second-order valence-electron chi connectivity index (χ2n) is 6.45. The molecule has 0 bridgehead atoms. The molecule has 1 saturated heterocycles. The highest BCUT2D eigenvalue weighted by molar-refractivity contribution is 6.00. The Morgan fingerprint density at radius 3 is 2.43 bits per heavy atom. The highest BCUT2D eigenvalue weighted by atomic mass is 16.6. The van der Waals surface area contributed by atoms with Gasteiger partial charge in [-0.1, -0.05) is 12.1 Å². The van der Waals surface area contributed by atoms with Crippen molar-refractivity contribution in [3.8, 4) is 5.75 Å². The quantitative estimate of drug-likeness (QED) is 0.677. The Balaban J connectivity index is 1.91. The Kier molecular flexibility index (Phi) is 5.03. The third kappa shape index (κ3) is 5.09. The molecule has 6 nitrogen and oxygen atoms in total. The molecule has 6 heteroatoms. The van der Waals surface area contributed by atoms with Crippen LogP contribution < -0.4 is 10.1 Å². The van der Waals surface area contributed by atoms with Gasteiger partial charge in [0.25, 0.3) is 0 Å². The van der Waals surface area contributed by atoms with Crippen LogP contribution in [-0.4, -0.2) is 30.0 Å². The Bertz CT molecular complexity index is 600. The fourth-order valence-corrected chi connectivity index (χ4v) is 2.32. The van der Waals surface area contributed by atoms with Crippen LogP contribution in [0.5, 0.6) is 5.75 Å². The van der Waals surface area contributed by atoms with Crippen molar-refractivity contribution in [2.75, 3.05) is 6.61 Å². The molecule has 2 rings (SSSR count). The zero-order chi connectivity index (χ0) is 17.0. The summed E-state index contributed by atoms with van der Waals surface area (Å²) in [6, 6.07) is 6.93. The van der Waals surface area contributed by atoms with Crippen molar-refractivity contribution in [3.05, 3.63) is 29.8 Å². The maximum Gasteiger partial charge on any atom is 0.344 e. The largest absolute Gasteiger partial charge is 0.482 e. The number of carbonyl (C=O) groups is 3. The van der Waals surface area contributed by atoms with Gasteiger partial charge in [-0.3, -0.25) is 14.9 Å². The maximum absolute atomic E-state index is 11.8. The van der Waals surface area contributed by atoms with Crippen molar-refractivity contribution >= 4 is 17.8 Å². The van der Waals surface area contributed by atoms with Gasteiger partial charge in [-0.05, 0) is 44.9 Å². The van der Waals surface area contributed by atoms with Gasteiger partial charge in [0, 0.05) is 6.42 Å². The molecule has 0 saturated carbocycles. The highest BCUT2D eigenvalue weighted by Crippen LogP contribution is 2.26. The lowest BCUT2D eigenvalue weighted by molar-refractivity contribution is -0.157. The van der Waals surface area contributed by atoms with E-state index in [9.17, 15) is 14.4 Å². The molecular weight excluding hydrogens is 298 g/mol. The van der Waals surface area contributed by atoms with E-state index >= 15 is 0 Å². The van der Waals surface area contributed by atoms with E-state index < -0.39 is 11.6 Å². The predicted molar refractivity (Wildman–Crippen MR) is 82.9 cm³/mol. The van der Waals surface area contributed by atoms with Gasteiger partial charge in [-0.25, -0.2) is 4.79 Å². The summed E-state index contributed by atoms with van der Waals surface area (Å²) >= 11 is 0. The molecule has 23 heavy (non-hydrogen) atoms. The van der Waals surface area contributed by atoms with Crippen molar-refractivity contribution < 1.29 is 23.9 Å². The maximum atomic E-state index is 11.8. The zero-order valence-corrected chi connectivity index (χ0v) is 13.5. The molecule has 1 atom stereocenters. The van der Waals surface area contributed by atoms with Crippen LogP contribution in [0.3, 0.4) is 0 Å². The number of amides is 2. The number of benzene rings is 1. The van der Waals surface area contributed by atoms with E-state index in [1.807, 2.05) is 0 Å². The average molecular weight is 319 g/mol. The fraction of sp³-hybridized carbons (Fsp3) is 0.471. The second-order valence-corrected chi connectivity index (χ2v) is 6.45. The van der Waals surface area contributed by atoms with Gasteiger partial charge in [0.15, 0.2) is 6.61 Å². The van der Waals surface area contributed by atoms with Gasteiger partial charge < -0.3 is 9.47 Å². The standard InChI is InChI=1S/C17H21NO5/c1-17(2,3)23-15(20)10-22-12-6-4-11(5-7-12)13-8-9-14(19)18-16(13)21/h4-7,13H,8-10H2,1-3H3,(H,18,19,21).